The van der Waals surface area contributed by atoms with Gasteiger partial charge in [0.05, 0.1) is 18.7 Å². The van der Waals surface area contributed by atoms with E-state index in [9.17, 15) is 9.90 Å². The molecule has 4 heteroatoms. The van der Waals surface area contributed by atoms with Crippen LogP contribution in [0.2, 0.25) is 0 Å². The van der Waals surface area contributed by atoms with Crippen LogP contribution in [-0.2, 0) is 4.79 Å². The molecule has 4 nitrogen and oxygen atoms in total. The number of likely N-dealkylation sites (tertiary alicyclic amines) is 1. The Balaban J connectivity index is 1.99. The summed E-state index contributed by atoms with van der Waals surface area (Å²) in [5, 5.41) is 12.7. The lowest BCUT2D eigenvalue weighted by atomic mass is 9.93. The number of carbonyl (C=O) groups is 1. The summed E-state index contributed by atoms with van der Waals surface area (Å²) >= 11 is 0. The third-order valence-electron chi connectivity index (χ3n) is 4.32. The number of aliphatic hydroxyl groups is 1. The van der Waals surface area contributed by atoms with E-state index in [1.54, 1.807) is 0 Å². The number of nitrogens with one attached hydrogen (secondary N) is 1. The number of aliphatic hydroxyl groups excluding tert-OH is 1. The Labute approximate surface area is 103 Å². The minimum absolute atomic E-state index is 0.0292. The molecular weight excluding hydrogens is 216 g/mol. The van der Waals surface area contributed by atoms with Gasteiger partial charge in [0.15, 0.2) is 0 Å². The van der Waals surface area contributed by atoms with E-state index in [2.05, 4.69) is 19.2 Å². The van der Waals surface area contributed by atoms with Crippen molar-refractivity contribution in [2.24, 2.45) is 11.8 Å². The molecule has 2 N–H and O–H groups in total. The second-order valence-electron chi connectivity index (χ2n) is 5.68. The minimum atomic E-state index is -0.0295. The van der Waals surface area contributed by atoms with Crippen LogP contribution in [0.4, 0.5) is 0 Å². The molecule has 0 saturated carbocycles. The summed E-state index contributed by atoms with van der Waals surface area (Å²) in [5.74, 6) is 1.24. The third-order valence-corrected chi connectivity index (χ3v) is 4.32. The highest BCUT2D eigenvalue weighted by Gasteiger charge is 2.37. The topological polar surface area (TPSA) is 52.6 Å². The van der Waals surface area contributed by atoms with E-state index in [1.807, 2.05) is 4.90 Å². The van der Waals surface area contributed by atoms with E-state index in [0.29, 0.717) is 11.8 Å². The van der Waals surface area contributed by atoms with E-state index in [1.165, 1.54) is 0 Å². The van der Waals surface area contributed by atoms with Gasteiger partial charge in [0, 0.05) is 6.54 Å². The van der Waals surface area contributed by atoms with Crippen LogP contribution >= 0.6 is 0 Å². The molecule has 2 aliphatic rings. The monoisotopic (exact) mass is 240 g/mol. The quantitative estimate of drug-likeness (QED) is 0.743. The van der Waals surface area contributed by atoms with Crippen LogP contribution in [0.15, 0.2) is 0 Å². The standard InChI is InChI=1S/C13H24N2O2/c1-9-3-5-14-11(7-9)13(17)15-6-4-10(2)12(15)8-16/h9-12,14,16H,3-8H2,1-2H3. The number of hydrogen-bond donors (Lipinski definition) is 2. The first-order valence-electron chi connectivity index (χ1n) is 6.78. The summed E-state index contributed by atoms with van der Waals surface area (Å²) < 4.78 is 0. The number of carbonyl (C=O) groups excluding carboxylic acids is 1. The van der Waals surface area contributed by atoms with E-state index in [4.69, 9.17) is 0 Å². The first kappa shape index (κ1) is 12.8. The van der Waals surface area contributed by atoms with Crippen LogP contribution in [0.1, 0.15) is 33.1 Å². The Morgan fingerprint density at radius 3 is 2.82 bits per heavy atom. The van der Waals surface area contributed by atoms with Gasteiger partial charge in [-0.25, -0.2) is 0 Å². The van der Waals surface area contributed by atoms with E-state index in [-0.39, 0.29) is 24.6 Å². The van der Waals surface area contributed by atoms with Gasteiger partial charge in [-0.05, 0) is 37.6 Å². The molecule has 17 heavy (non-hydrogen) atoms. The molecule has 0 aromatic rings. The summed E-state index contributed by atoms with van der Waals surface area (Å²) in [5.41, 5.74) is 0. The highest BCUT2D eigenvalue weighted by Crippen LogP contribution is 2.26. The van der Waals surface area contributed by atoms with Crippen molar-refractivity contribution in [3.05, 3.63) is 0 Å². The number of nitrogens with zero attached hydrogens (tertiary/aromatic N) is 1. The van der Waals surface area contributed by atoms with Gasteiger partial charge in [0.2, 0.25) is 5.91 Å². The Kier molecular flexibility index (Phi) is 4.05. The summed E-state index contributed by atoms with van der Waals surface area (Å²) in [6, 6.07) is -0.000340. The normalized spacial score (nSPS) is 38.4. The van der Waals surface area contributed by atoms with Gasteiger partial charge in [-0.3, -0.25) is 4.79 Å². The largest absolute Gasteiger partial charge is 0.394 e. The summed E-state index contributed by atoms with van der Waals surface area (Å²) in [6.07, 6.45) is 3.10. The van der Waals surface area contributed by atoms with Gasteiger partial charge in [0.25, 0.3) is 0 Å². The van der Waals surface area contributed by atoms with Crippen molar-refractivity contribution in [2.45, 2.75) is 45.2 Å². The van der Waals surface area contributed by atoms with E-state index in [0.717, 1.165) is 32.4 Å². The zero-order chi connectivity index (χ0) is 12.4. The van der Waals surface area contributed by atoms with Gasteiger partial charge in [-0.1, -0.05) is 13.8 Å². The molecule has 0 radical (unpaired) electrons. The van der Waals surface area contributed by atoms with Crippen molar-refractivity contribution in [1.29, 1.82) is 0 Å². The van der Waals surface area contributed by atoms with Crippen LogP contribution in [0.25, 0.3) is 0 Å². The van der Waals surface area contributed by atoms with Crippen molar-refractivity contribution in [2.75, 3.05) is 19.7 Å². The zero-order valence-corrected chi connectivity index (χ0v) is 10.9. The van der Waals surface area contributed by atoms with Crippen LogP contribution in [0.3, 0.4) is 0 Å². The van der Waals surface area contributed by atoms with Gasteiger partial charge in [0.1, 0.15) is 0 Å². The zero-order valence-electron chi connectivity index (χ0n) is 10.9. The van der Waals surface area contributed by atoms with Crippen molar-refractivity contribution in [1.82, 2.24) is 10.2 Å². The molecule has 2 fully saturated rings. The molecular formula is C13H24N2O2. The summed E-state index contributed by atoms with van der Waals surface area (Å²) in [7, 11) is 0. The molecule has 0 aliphatic carbocycles. The van der Waals surface area contributed by atoms with Gasteiger partial charge in [-0.15, -0.1) is 0 Å². The van der Waals surface area contributed by atoms with Crippen molar-refractivity contribution in [3.8, 4) is 0 Å². The molecule has 4 atom stereocenters. The number of piperidine rings is 1. The van der Waals surface area contributed by atoms with Crippen LogP contribution in [0, 0.1) is 11.8 Å². The highest BCUT2D eigenvalue weighted by molar-refractivity contribution is 5.82. The average molecular weight is 240 g/mol. The maximum Gasteiger partial charge on any atom is 0.240 e. The van der Waals surface area contributed by atoms with E-state index < -0.39 is 0 Å². The first-order chi connectivity index (χ1) is 8.13. The van der Waals surface area contributed by atoms with Crippen LogP contribution in [0.5, 0.6) is 0 Å². The highest BCUT2D eigenvalue weighted by atomic mass is 16.3. The fraction of sp³-hybridized carbons (Fsp3) is 0.923. The van der Waals surface area contributed by atoms with Crippen molar-refractivity contribution in [3.63, 3.8) is 0 Å². The average Bonchev–Trinajstić information content (AvgIpc) is 2.69. The number of amides is 1. The molecule has 2 saturated heterocycles. The lowest BCUT2D eigenvalue weighted by molar-refractivity contribution is -0.136. The first-order valence-corrected chi connectivity index (χ1v) is 6.78. The van der Waals surface area contributed by atoms with Gasteiger partial charge >= 0.3 is 0 Å². The molecule has 98 valence electrons. The fourth-order valence-electron chi connectivity index (χ4n) is 3.06. The van der Waals surface area contributed by atoms with Gasteiger partial charge in [-0.2, -0.15) is 0 Å². The molecule has 1 amide bonds. The number of hydrogen-bond acceptors (Lipinski definition) is 3. The molecule has 2 aliphatic heterocycles. The Hall–Kier alpha value is -0.610. The second kappa shape index (κ2) is 5.36. The van der Waals surface area contributed by atoms with Crippen LogP contribution < -0.4 is 5.32 Å². The Morgan fingerprint density at radius 1 is 1.41 bits per heavy atom. The molecule has 0 aromatic heterocycles. The lowest BCUT2D eigenvalue weighted by Gasteiger charge is -2.33. The molecule has 2 heterocycles. The minimum Gasteiger partial charge on any atom is -0.394 e. The SMILES string of the molecule is CC1CCNC(C(=O)N2CCC(C)C2CO)C1. The van der Waals surface area contributed by atoms with Crippen molar-refractivity contribution >= 4 is 5.91 Å². The maximum absolute atomic E-state index is 12.4. The van der Waals surface area contributed by atoms with Gasteiger partial charge < -0.3 is 15.3 Å². The molecule has 4 unspecified atom stereocenters. The lowest BCUT2D eigenvalue weighted by Crippen LogP contribution is -2.52. The fourth-order valence-corrected chi connectivity index (χ4v) is 3.06. The van der Waals surface area contributed by atoms with E-state index >= 15 is 0 Å². The second-order valence-corrected chi connectivity index (χ2v) is 5.68. The maximum atomic E-state index is 12.4. The Bertz CT molecular complexity index is 283. The van der Waals surface area contributed by atoms with Crippen LogP contribution in [-0.4, -0.2) is 47.7 Å². The summed E-state index contributed by atoms with van der Waals surface area (Å²) in [4.78, 5) is 14.3. The molecule has 2 rings (SSSR count). The predicted octanol–water partition coefficient (Wildman–Crippen LogP) is 0.604. The molecule has 0 aromatic carbocycles. The summed E-state index contributed by atoms with van der Waals surface area (Å²) in [6.45, 7) is 6.15. The molecule has 0 spiro atoms. The Morgan fingerprint density at radius 2 is 2.18 bits per heavy atom. The third kappa shape index (κ3) is 2.63. The predicted molar refractivity (Wildman–Crippen MR) is 66.6 cm³/mol. The number of rotatable bonds is 2. The van der Waals surface area contributed by atoms with Crippen molar-refractivity contribution < 1.29 is 9.90 Å². The smallest absolute Gasteiger partial charge is 0.240 e. The molecule has 0 bridgehead atoms.